The summed E-state index contributed by atoms with van der Waals surface area (Å²) in [5, 5.41) is 5.56. The van der Waals surface area contributed by atoms with Gasteiger partial charge < -0.3 is 15.0 Å². The molecule has 0 aliphatic rings. The number of para-hydroxylation sites is 1. The summed E-state index contributed by atoms with van der Waals surface area (Å²) in [7, 11) is 0. The molecule has 0 bridgehead atoms. The van der Waals surface area contributed by atoms with Crippen LogP contribution in [-0.2, 0) is 11.2 Å². The molecule has 0 saturated carbocycles. The minimum Gasteiger partial charge on any atom is -0.456 e. The zero-order valence-electron chi connectivity index (χ0n) is 14.3. The summed E-state index contributed by atoms with van der Waals surface area (Å²) in [6.07, 6.45) is 0.328. The summed E-state index contributed by atoms with van der Waals surface area (Å²) in [6, 6.07) is 19.8. The van der Waals surface area contributed by atoms with Crippen LogP contribution in [0.3, 0.4) is 0 Å². The number of carbonyl (C=O) groups is 1. The first-order chi connectivity index (χ1) is 13.2. The van der Waals surface area contributed by atoms with Crippen molar-refractivity contribution >= 4 is 33.8 Å². The Morgan fingerprint density at radius 2 is 1.89 bits per heavy atom. The maximum Gasteiger partial charge on any atom is 0.252 e. The molecule has 2 aromatic heterocycles. The SMILES string of the molecule is O=C(Cc1cccs1)Nc1ccc2[nH]c(=O)cc(Oc3ccccc3)c2c1. The Kier molecular flexibility index (Phi) is 4.72. The summed E-state index contributed by atoms with van der Waals surface area (Å²) in [5.41, 5.74) is 1.04. The number of H-pyrrole nitrogens is 1. The van der Waals surface area contributed by atoms with Crippen molar-refractivity contribution in [2.75, 3.05) is 5.32 Å². The van der Waals surface area contributed by atoms with Crippen LogP contribution in [0.4, 0.5) is 5.69 Å². The minimum atomic E-state index is -0.247. The summed E-state index contributed by atoms with van der Waals surface area (Å²) >= 11 is 1.55. The normalized spacial score (nSPS) is 10.7. The molecule has 0 aliphatic carbocycles. The summed E-state index contributed by atoms with van der Waals surface area (Å²) in [5.74, 6) is 0.984. The fraction of sp³-hybridized carbons (Fsp3) is 0.0476. The molecule has 6 heteroatoms. The van der Waals surface area contributed by atoms with Crippen molar-refractivity contribution in [2.45, 2.75) is 6.42 Å². The molecule has 0 unspecified atom stereocenters. The molecule has 27 heavy (non-hydrogen) atoms. The molecule has 134 valence electrons. The van der Waals surface area contributed by atoms with Crippen LogP contribution in [0.15, 0.2) is 76.9 Å². The molecule has 1 amide bonds. The lowest BCUT2D eigenvalue weighted by molar-refractivity contribution is -0.115. The van der Waals surface area contributed by atoms with E-state index in [-0.39, 0.29) is 11.5 Å². The van der Waals surface area contributed by atoms with Crippen LogP contribution in [0.1, 0.15) is 4.88 Å². The van der Waals surface area contributed by atoms with Crippen molar-refractivity contribution < 1.29 is 9.53 Å². The van der Waals surface area contributed by atoms with E-state index in [9.17, 15) is 9.59 Å². The largest absolute Gasteiger partial charge is 0.456 e. The molecular formula is C21H16N2O3S. The van der Waals surface area contributed by atoms with Crippen LogP contribution in [0.2, 0.25) is 0 Å². The first-order valence-electron chi connectivity index (χ1n) is 8.39. The molecule has 2 heterocycles. The lowest BCUT2D eigenvalue weighted by Gasteiger charge is -2.11. The number of nitrogens with one attached hydrogen (secondary N) is 2. The van der Waals surface area contributed by atoms with E-state index in [0.29, 0.717) is 34.5 Å². The van der Waals surface area contributed by atoms with Crippen molar-refractivity contribution in [1.29, 1.82) is 0 Å². The third kappa shape index (κ3) is 4.07. The lowest BCUT2D eigenvalue weighted by Crippen LogP contribution is -2.13. The lowest BCUT2D eigenvalue weighted by atomic mass is 10.1. The van der Waals surface area contributed by atoms with Gasteiger partial charge in [-0.2, -0.15) is 0 Å². The first kappa shape index (κ1) is 17.1. The smallest absolute Gasteiger partial charge is 0.252 e. The van der Waals surface area contributed by atoms with Crippen molar-refractivity contribution in [3.8, 4) is 11.5 Å². The second kappa shape index (κ2) is 7.47. The van der Waals surface area contributed by atoms with Crippen LogP contribution in [0.5, 0.6) is 11.5 Å². The molecule has 4 aromatic rings. The van der Waals surface area contributed by atoms with E-state index in [4.69, 9.17) is 4.74 Å². The number of anilines is 1. The number of aromatic amines is 1. The Hall–Kier alpha value is -3.38. The van der Waals surface area contributed by atoms with Crippen LogP contribution >= 0.6 is 11.3 Å². The Labute approximate surface area is 159 Å². The highest BCUT2D eigenvalue weighted by Gasteiger charge is 2.10. The number of aromatic nitrogens is 1. The van der Waals surface area contributed by atoms with E-state index in [1.165, 1.54) is 6.07 Å². The zero-order chi connectivity index (χ0) is 18.6. The standard InChI is InChI=1S/C21H16N2O3S/c24-20(12-16-7-4-10-27-16)22-14-8-9-18-17(11-14)19(13-21(25)23-18)26-15-5-2-1-3-6-15/h1-11,13H,12H2,(H,22,24)(H,23,25). The molecule has 0 fully saturated rings. The zero-order valence-corrected chi connectivity index (χ0v) is 15.1. The molecule has 0 aliphatic heterocycles. The van der Waals surface area contributed by atoms with E-state index in [0.717, 1.165) is 4.88 Å². The Morgan fingerprint density at radius 3 is 2.67 bits per heavy atom. The van der Waals surface area contributed by atoms with Crippen LogP contribution < -0.4 is 15.6 Å². The molecular weight excluding hydrogens is 360 g/mol. The van der Waals surface area contributed by atoms with Crippen LogP contribution in [-0.4, -0.2) is 10.9 Å². The number of benzene rings is 2. The number of carbonyl (C=O) groups excluding carboxylic acids is 1. The topological polar surface area (TPSA) is 71.2 Å². The monoisotopic (exact) mass is 376 g/mol. The van der Waals surface area contributed by atoms with Gasteiger partial charge in [-0.3, -0.25) is 9.59 Å². The Bertz CT molecular complexity index is 1140. The summed E-state index contributed by atoms with van der Waals surface area (Å²) < 4.78 is 5.89. The third-order valence-electron chi connectivity index (χ3n) is 3.97. The van der Waals surface area contributed by atoms with Gasteiger partial charge in [0.15, 0.2) is 0 Å². The van der Waals surface area contributed by atoms with Gasteiger partial charge in [0, 0.05) is 22.0 Å². The van der Waals surface area contributed by atoms with E-state index in [1.54, 1.807) is 29.5 Å². The maximum atomic E-state index is 12.3. The van der Waals surface area contributed by atoms with Gasteiger partial charge in [0.05, 0.1) is 11.9 Å². The first-order valence-corrected chi connectivity index (χ1v) is 9.27. The summed E-state index contributed by atoms with van der Waals surface area (Å²) in [4.78, 5) is 28.0. The molecule has 2 aromatic carbocycles. The number of thiophene rings is 1. The van der Waals surface area contributed by atoms with Crippen molar-refractivity contribution in [3.05, 3.63) is 87.3 Å². The summed E-state index contributed by atoms with van der Waals surface area (Å²) in [6.45, 7) is 0. The number of ether oxygens (including phenoxy) is 1. The molecule has 2 N–H and O–H groups in total. The van der Waals surface area contributed by atoms with Gasteiger partial charge in [-0.25, -0.2) is 0 Å². The number of hydrogen-bond donors (Lipinski definition) is 2. The van der Waals surface area contributed by atoms with Gasteiger partial charge in [0.1, 0.15) is 11.5 Å². The number of amides is 1. The van der Waals surface area contributed by atoms with Gasteiger partial charge in [0.25, 0.3) is 5.56 Å². The fourth-order valence-corrected chi connectivity index (χ4v) is 3.48. The highest BCUT2D eigenvalue weighted by Crippen LogP contribution is 2.29. The average molecular weight is 376 g/mol. The van der Waals surface area contributed by atoms with Crippen molar-refractivity contribution in [1.82, 2.24) is 4.98 Å². The predicted octanol–water partition coefficient (Wildman–Crippen LogP) is 4.56. The molecule has 0 atom stereocenters. The van der Waals surface area contributed by atoms with Crippen molar-refractivity contribution in [3.63, 3.8) is 0 Å². The number of fused-ring (bicyclic) bond motifs is 1. The molecule has 5 nitrogen and oxygen atoms in total. The second-order valence-corrected chi connectivity index (χ2v) is 7.01. The Balaban J connectivity index is 1.64. The van der Waals surface area contributed by atoms with Gasteiger partial charge in [-0.15, -0.1) is 11.3 Å². The highest BCUT2D eigenvalue weighted by atomic mass is 32.1. The van der Waals surface area contributed by atoms with Gasteiger partial charge in [0.2, 0.25) is 5.91 Å². The van der Waals surface area contributed by atoms with Gasteiger partial charge in [-0.1, -0.05) is 24.3 Å². The average Bonchev–Trinajstić information content (AvgIpc) is 3.16. The Morgan fingerprint density at radius 1 is 1.04 bits per heavy atom. The third-order valence-corrected chi connectivity index (χ3v) is 4.85. The van der Waals surface area contributed by atoms with E-state index < -0.39 is 0 Å². The molecule has 4 rings (SSSR count). The van der Waals surface area contributed by atoms with Crippen molar-refractivity contribution in [2.24, 2.45) is 0 Å². The van der Waals surface area contributed by atoms with Gasteiger partial charge >= 0.3 is 0 Å². The molecule has 0 radical (unpaired) electrons. The number of pyridine rings is 1. The fourth-order valence-electron chi connectivity index (χ4n) is 2.78. The second-order valence-electron chi connectivity index (χ2n) is 5.98. The number of rotatable bonds is 5. The highest BCUT2D eigenvalue weighted by molar-refractivity contribution is 7.10. The quantitative estimate of drug-likeness (QED) is 0.536. The minimum absolute atomic E-state index is 0.0910. The van der Waals surface area contributed by atoms with E-state index in [2.05, 4.69) is 10.3 Å². The van der Waals surface area contributed by atoms with Crippen LogP contribution in [0.25, 0.3) is 10.9 Å². The number of hydrogen-bond acceptors (Lipinski definition) is 4. The van der Waals surface area contributed by atoms with E-state index in [1.807, 2.05) is 47.8 Å². The van der Waals surface area contributed by atoms with E-state index >= 15 is 0 Å². The maximum absolute atomic E-state index is 12.3. The van der Waals surface area contributed by atoms with Gasteiger partial charge in [-0.05, 0) is 41.8 Å². The van der Waals surface area contributed by atoms with Crippen LogP contribution in [0, 0.1) is 0 Å². The molecule has 0 spiro atoms. The molecule has 0 saturated heterocycles. The predicted molar refractivity (Wildman–Crippen MR) is 108 cm³/mol.